The topological polar surface area (TPSA) is 87.7 Å². The fourth-order valence-corrected chi connectivity index (χ4v) is 3.09. The first kappa shape index (κ1) is 17.1. The molecule has 0 fully saturated rings. The van der Waals surface area contributed by atoms with Gasteiger partial charge in [-0.25, -0.2) is 0 Å². The van der Waals surface area contributed by atoms with Gasteiger partial charge in [0, 0.05) is 12.0 Å². The van der Waals surface area contributed by atoms with Crippen LogP contribution in [0.5, 0.6) is 5.75 Å². The second-order valence-electron chi connectivity index (χ2n) is 4.35. The van der Waals surface area contributed by atoms with E-state index >= 15 is 0 Å². The lowest BCUT2D eigenvalue weighted by Crippen LogP contribution is -2.26. The average Bonchev–Trinajstić information content (AvgIpc) is 2.45. The number of hydrogen-bond acceptors (Lipinski definition) is 4. The van der Waals surface area contributed by atoms with Gasteiger partial charge in [0.25, 0.3) is 0 Å². The molecule has 0 aliphatic rings. The maximum Gasteiger partial charge on any atom is 0.189 e. The van der Waals surface area contributed by atoms with E-state index in [9.17, 15) is 9.79 Å². The van der Waals surface area contributed by atoms with E-state index < -0.39 is 7.34 Å². The van der Waals surface area contributed by atoms with Gasteiger partial charge in [0.1, 0.15) is 5.75 Å². The van der Waals surface area contributed by atoms with Gasteiger partial charge in [-0.05, 0) is 24.1 Å². The Morgan fingerprint density at radius 3 is 2.45 bits per heavy atom. The van der Waals surface area contributed by atoms with Crippen molar-refractivity contribution < 1.29 is 14.5 Å². The fourth-order valence-electron chi connectivity index (χ4n) is 1.57. The Hall–Kier alpha value is -0.910. The zero-order valence-electron chi connectivity index (χ0n) is 11.7. The predicted molar refractivity (Wildman–Crippen MR) is 87.9 cm³/mol. The van der Waals surface area contributed by atoms with Crippen LogP contribution in [-0.4, -0.2) is 27.0 Å². The first-order chi connectivity index (χ1) is 9.41. The monoisotopic (exact) mass is 316 g/mol. The van der Waals surface area contributed by atoms with Gasteiger partial charge in [-0.2, -0.15) is 0 Å². The molecule has 112 valence electrons. The summed E-state index contributed by atoms with van der Waals surface area (Å²) >= 11 is 5.04. The molecule has 1 aromatic rings. The Morgan fingerprint density at radius 1 is 1.35 bits per heavy atom. The number of nitrogens with one attached hydrogen (secondary N) is 1. The van der Waals surface area contributed by atoms with Gasteiger partial charge >= 0.3 is 0 Å². The minimum atomic E-state index is -3.50. The van der Waals surface area contributed by atoms with Crippen molar-refractivity contribution >= 4 is 29.7 Å². The summed E-state index contributed by atoms with van der Waals surface area (Å²) in [7, 11) is -1.90. The highest BCUT2D eigenvalue weighted by Gasteiger charge is 2.20. The predicted octanol–water partition coefficient (Wildman–Crippen LogP) is 1.79. The molecule has 0 heterocycles. The molecule has 0 unspecified atom stereocenters. The van der Waals surface area contributed by atoms with Gasteiger partial charge in [-0.15, -0.1) is 0 Å². The molecule has 0 bridgehead atoms. The standard InChI is InChI=1S/C13H21N2O3PS/c1-3-4-12(14)19(16,17)13(20)15-9-10-5-7-11(18-2)8-6-10/h5-8,16-17H,3-4,9,14H2,1-2H3,(H,15,20). The third-order valence-electron chi connectivity index (χ3n) is 2.79. The molecule has 1 rings (SSSR count). The molecule has 5 nitrogen and oxygen atoms in total. The molecule has 0 aliphatic carbocycles. The summed E-state index contributed by atoms with van der Waals surface area (Å²) in [5.74, 6) is 0.767. The third-order valence-corrected chi connectivity index (χ3v) is 5.45. The van der Waals surface area contributed by atoms with Crippen LogP contribution in [0.15, 0.2) is 24.3 Å². The van der Waals surface area contributed by atoms with Crippen molar-refractivity contribution in [1.82, 2.24) is 5.32 Å². The van der Waals surface area contributed by atoms with E-state index in [1.165, 1.54) is 0 Å². The Labute approximate surface area is 124 Å². The molecule has 0 saturated carbocycles. The second-order valence-corrected chi connectivity index (χ2v) is 7.28. The van der Waals surface area contributed by atoms with E-state index in [4.69, 9.17) is 22.7 Å². The molecule has 0 spiro atoms. The Kier molecular flexibility index (Phi) is 6.65. The lowest BCUT2D eigenvalue weighted by molar-refractivity contribution is 0.414. The highest BCUT2D eigenvalue weighted by molar-refractivity contribution is 8.01. The molecule has 1 aromatic carbocycles. The lowest BCUT2D eigenvalue weighted by atomic mass is 10.2. The van der Waals surface area contributed by atoms with Crippen molar-refractivity contribution in [3.05, 3.63) is 29.8 Å². The number of nitrogens with two attached hydrogens (primary N) is 1. The van der Waals surface area contributed by atoms with Gasteiger partial charge in [-0.1, -0.05) is 37.7 Å². The van der Waals surface area contributed by atoms with Gasteiger partial charge in [0.2, 0.25) is 0 Å². The highest BCUT2D eigenvalue weighted by atomic mass is 32.1. The number of benzene rings is 1. The molecule has 7 heteroatoms. The minimum absolute atomic E-state index is 0.0132. The summed E-state index contributed by atoms with van der Waals surface area (Å²) in [6.07, 6.45) is 1.20. The zero-order chi connectivity index (χ0) is 15.2. The van der Waals surface area contributed by atoms with Crippen molar-refractivity contribution in [3.63, 3.8) is 0 Å². The first-order valence-corrected chi connectivity index (χ1v) is 8.39. The van der Waals surface area contributed by atoms with E-state index in [0.717, 1.165) is 17.7 Å². The quantitative estimate of drug-likeness (QED) is 0.473. The summed E-state index contributed by atoms with van der Waals surface area (Å²) in [5, 5.41) is 2.86. The van der Waals surface area contributed by atoms with Crippen molar-refractivity contribution in [2.24, 2.45) is 5.73 Å². The molecule has 0 amide bonds. The summed E-state index contributed by atoms with van der Waals surface area (Å²) in [6.45, 7) is 2.33. The summed E-state index contributed by atoms with van der Waals surface area (Å²) in [6, 6.07) is 7.42. The van der Waals surface area contributed by atoms with Crippen molar-refractivity contribution in [3.8, 4) is 5.75 Å². The molecule has 0 saturated heterocycles. The number of ether oxygens (including phenoxy) is 1. The summed E-state index contributed by atoms with van der Waals surface area (Å²) < 4.78 is 5.08. The van der Waals surface area contributed by atoms with Gasteiger partial charge in [0.15, 0.2) is 12.1 Å². The molecule has 5 N–H and O–H groups in total. The maximum atomic E-state index is 10.0. The molecular weight excluding hydrogens is 295 g/mol. The van der Waals surface area contributed by atoms with Gasteiger partial charge in [-0.3, -0.25) is 0 Å². The van der Waals surface area contributed by atoms with Crippen molar-refractivity contribution in [1.29, 1.82) is 0 Å². The smallest absolute Gasteiger partial charge is 0.189 e. The van der Waals surface area contributed by atoms with Crippen LogP contribution >= 0.6 is 19.6 Å². The molecule has 20 heavy (non-hydrogen) atoms. The van der Waals surface area contributed by atoms with Crippen LogP contribution in [0, 0.1) is 0 Å². The third kappa shape index (κ3) is 4.58. The number of methoxy groups -OCH3 is 1. The highest BCUT2D eigenvalue weighted by Crippen LogP contribution is 2.40. The largest absolute Gasteiger partial charge is 0.497 e. The Bertz CT molecular complexity index is 511. The SMILES string of the molecule is CCCC(N)=P(O)(O)C(=S)NCc1ccc(OC)cc1. The Balaban J connectivity index is 2.69. The van der Waals surface area contributed by atoms with Gasteiger partial charge < -0.3 is 25.6 Å². The molecule has 0 radical (unpaired) electrons. The first-order valence-electron chi connectivity index (χ1n) is 6.29. The molecule has 0 aliphatic heterocycles. The van der Waals surface area contributed by atoms with E-state index in [0.29, 0.717) is 13.0 Å². The summed E-state index contributed by atoms with van der Waals surface area (Å²) in [5.41, 5.74) is 6.81. The maximum absolute atomic E-state index is 10.0. The average molecular weight is 316 g/mol. The number of thiocarbonyl (C=S) groups is 1. The van der Waals surface area contributed by atoms with Crippen molar-refractivity contribution in [2.45, 2.75) is 26.3 Å². The molecule has 0 atom stereocenters. The zero-order valence-corrected chi connectivity index (χ0v) is 13.4. The number of hydrogen-bond donors (Lipinski definition) is 4. The van der Waals surface area contributed by atoms with Crippen LogP contribution in [0.3, 0.4) is 0 Å². The van der Waals surface area contributed by atoms with E-state index in [1.807, 2.05) is 31.2 Å². The van der Waals surface area contributed by atoms with Crippen LogP contribution in [0.4, 0.5) is 0 Å². The van der Waals surface area contributed by atoms with Crippen LogP contribution < -0.4 is 15.8 Å². The van der Waals surface area contributed by atoms with E-state index in [-0.39, 0.29) is 10.1 Å². The molecule has 0 aromatic heterocycles. The van der Waals surface area contributed by atoms with Crippen LogP contribution in [-0.2, 0) is 6.54 Å². The normalized spacial score (nSPS) is 11.1. The Morgan fingerprint density at radius 2 is 1.95 bits per heavy atom. The fraction of sp³-hybridized carbons (Fsp3) is 0.385. The van der Waals surface area contributed by atoms with Crippen molar-refractivity contribution in [2.75, 3.05) is 7.11 Å². The summed E-state index contributed by atoms with van der Waals surface area (Å²) in [4.78, 5) is 20.0. The minimum Gasteiger partial charge on any atom is -0.497 e. The van der Waals surface area contributed by atoms with E-state index in [1.54, 1.807) is 7.11 Å². The van der Waals surface area contributed by atoms with E-state index in [2.05, 4.69) is 5.32 Å². The number of rotatable bonds is 6. The van der Waals surface area contributed by atoms with Crippen LogP contribution in [0.1, 0.15) is 25.3 Å². The second kappa shape index (κ2) is 7.76. The van der Waals surface area contributed by atoms with Gasteiger partial charge in [0.05, 0.1) is 7.11 Å². The molecular formula is C13H21N2O3PS. The lowest BCUT2D eigenvalue weighted by Gasteiger charge is -2.18. The van der Waals surface area contributed by atoms with Crippen LogP contribution in [0.25, 0.3) is 0 Å². The van der Waals surface area contributed by atoms with Crippen LogP contribution in [0.2, 0.25) is 0 Å².